The van der Waals surface area contributed by atoms with E-state index >= 15 is 0 Å². The van der Waals surface area contributed by atoms with Crippen molar-refractivity contribution in [1.82, 2.24) is 10.3 Å². The van der Waals surface area contributed by atoms with Gasteiger partial charge in [0.2, 0.25) is 0 Å². The maximum absolute atomic E-state index is 12.0. The van der Waals surface area contributed by atoms with Crippen molar-refractivity contribution in [2.24, 2.45) is 0 Å². The highest BCUT2D eigenvalue weighted by atomic mass is 35.5. The van der Waals surface area contributed by atoms with Crippen LogP contribution in [0.15, 0.2) is 24.3 Å². The molecule has 0 unspecified atom stereocenters. The number of nitrogens with zero attached hydrogens (tertiary/aromatic N) is 1. The molecule has 7 nitrogen and oxygen atoms in total. The van der Waals surface area contributed by atoms with Crippen LogP contribution in [-0.2, 0) is 4.79 Å². The number of rotatable bonds is 4. The number of carboxylic acids is 1. The Labute approximate surface area is 123 Å². The van der Waals surface area contributed by atoms with Crippen molar-refractivity contribution in [3.8, 4) is 5.75 Å². The van der Waals surface area contributed by atoms with E-state index in [-0.39, 0.29) is 5.15 Å². The Hall–Kier alpha value is -2.38. The summed E-state index contributed by atoms with van der Waals surface area (Å²) in [6.07, 6.45) is 0. The monoisotopic (exact) mass is 310 g/mol. The molecule has 2 aromatic rings. The molecule has 2 rings (SSSR count). The number of carboxylic acid groups (broad SMARTS) is 1. The fourth-order valence-corrected chi connectivity index (χ4v) is 2.03. The Morgan fingerprint density at radius 2 is 1.90 bits per heavy atom. The predicted octanol–water partition coefficient (Wildman–Crippen LogP) is 0.769. The standard InChI is InChI=1S/C13H11ClN2O5/c14-11-7-4-2-1-3-6(7)10(18)9(16-11)12(19)15-8(5-17)13(20)21/h1-4,8,17-18H,5H2,(H,15,19)(H,20,21)/t8-/m1/s1. The van der Waals surface area contributed by atoms with Crippen LogP contribution in [0.25, 0.3) is 10.8 Å². The number of hydrogen-bond donors (Lipinski definition) is 4. The lowest BCUT2D eigenvalue weighted by Crippen LogP contribution is -2.43. The topological polar surface area (TPSA) is 120 Å². The van der Waals surface area contributed by atoms with Gasteiger partial charge in [-0.2, -0.15) is 0 Å². The van der Waals surface area contributed by atoms with Gasteiger partial charge in [0.1, 0.15) is 5.15 Å². The molecule has 0 aliphatic rings. The van der Waals surface area contributed by atoms with Crippen LogP contribution in [0.1, 0.15) is 10.5 Å². The number of halogens is 1. The second-order valence-electron chi connectivity index (χ2n) is 4.19. The highest BCUT2D eigenvalue weighted by molar-refractivity contribution is 6.34. The van der Waals surface area contributed by atoms with Crippen LogP contribution in [-0.4, -0.2) is 44.8 Å². The molecule has 0 radical (unpaired) electrons. The number of aliphatic hydroxyl groups is 1. The van der Waals surface area contributed by atoms with Gasteiger partial charge in [0.15, 0.2) is 17.5 Å². The first-order valence-corrected chi connectivity index (χ1v) is 6.25. The third-order valence-electron chi connectivity index (χ3n) is 2.84. The van der Waals surface area contributed by atoms with Crippen LogP contribution in [0.5, 0.6) is 5.75 Å². The Morgan fingerprint density at radius 1 is 1.29 bits per heavy atom. The fourth-order valence-electron chi connectivity index (χ4n) is 1.78. The number of hydrogen-bond acceptors (Lipinski definition) is 5. The molecule has 1 aromatic carbocycles. The number of aliphatic carboxylic acids is 1. The van der Waals surface area contributed by atoms with Crippen molar-refractivity contribution in [2.45, 2.75) is 6.04 Å². The summed E-state index contributed by atoms with van der Waals surface area (Å²) < 4.78 is 0. The number of amides is 1. The van der Waals surface area contributed by atoms with Crippen LogP contribution >= 0.6 is 11.6 Å². The first kappa shape index (κ1) is 15.0. The van der Waals surface area contributed by atoms with Crippen LogP contribution < -0.4 is 5.32 Å². The molecule has 0 bridgehead atoms. The van der Waals surface area contributed by atoms with Gasteiger partial charge in [-0.05, 0) is 0 Å². The normalized spacial score (nSPS) is 12.1. The van der Waals surface area contributed by atoms with E-state index in [4.69, 9.17) is 21.8 Å². The quantitative estimate of drug-likeness (QED) is 0.619. The van der Waals surface area contributed by atoms with Gasteiger partial charge in [-0.3, -0.25) is 4.79 Å². The van der Waals surface area contributed by atoms with Crippen molar-refractivity contribution in [3.63, 3.8) is 0 Å². The van der Waals surface area contributed by atoms with E-state index in [9.17, 15) is 14.7 Å². The molecule has 4 N–H and O–H groups in total. The number of pyridine rings is 1. The summed E-state index contributed by atoms with van der Waals surface area (Å²) in [5.74, 6) is -2.76. The lowest BCUT2D eigenvalue weighted by molar-refractivity contribution is -0.140. The third-order valence-corrected chi connectivity index (χ3v) is 3.13. The molecule has 0 aliphatic heterocycles. The number of benzene rings is 1. The van der Waals surface area contributed by atoms with E-state index in [2.05, 4.69) is 4.98 Å². The van der Waals surface area contributed by atoms with Crippen molar-refractivity contribution < 1.29 is 24.9 Å². The molecule has 0 saturated carbocycles. The molecule has 1 atom stereocenters. The van der Waals surface area contributed by atoms with Crippen LogP contribution in [0.2, 0.25) is 5.15 Å². The van der Waals surface area contributed by atoms with Gasteiger partial charge in [-0.15, -0.1) is 0 Å². The minimum atomic E-state index is -1.50. The van der Waals surface area contributed by atoms with E-state index in [1.54, 1.807) is 24.3 Å². The van der Waals surface area contributed by atoms with Gasteiger partial charge >= 0.3 is 5.97 Å². The molecule has 1 aromatic heterocycles. The number of carbonyl (C=O) groups is 2. The van der Waals surface area contributed by atoms with Gasteiger partial charge in [-0.25, -0.2) is 9.78 Å². The second-order valence-corrected chi connectivity index (χ2v) is 4.55. The Bertz CT molecular complexity index is 719. The largest absolute Gasteiger partial charge is 0.505 e. The number of carbonyl (C=O) groups excluding carboxylic acids is 1. The number of aromatic hydroxyl groups is 1. The smallest absolute Gasteiger partial charge is 0.328 e. The average molecular weight is 311 g/mol. The van der Waals surface area contributed by atoms with Gasteiger partial charge in [0.25, 0.3) is 5.91 Å². The van der Waals surface area contributed by atoms with Gasteiger partial charge in [-0.1, -0.05) is 35.9 Å². The second kappa shape index (κ2) is 5.94. The first-order valence-electron chi connectivity index (χ1n) is 5.87. The number of aromatic nitrogens is 1. The van der Waals surface area contributed by atoms with Gasteiger partial charge < -0.3 is 20.6 Å². The van der Waals surface area contributed by atoms with Crippen molar-refractivity contribution >= 4 is 34.2 Å². The van der Waals surface area contributed by atoms with Crippen LogP contribution in [0, 0.1) is 0 Å². The van der Waals surface area contributed by atoms with E-state index in [0.29, 0.717) is 10.8 Å². The molecule has 1 amide bonds. The van der Waals surface area contributed by atoms with E-state index in [0.717, 1.165) is 0 Å². The first-order chi connectivity index (χ1) is 9.95. The Morgan fingerprint density at radius 3 is 2.48 bits per heavy atom. The summed E-state index contributed by atoms with van der Waals surface area (Å²) in [7, 11) is 0. The third kappa shape index (κ3) is 2.88. The maximum Gasteiger partial charge on any atom is 0.328 e. The van der Waals surface area contributed by atoms with Crippen molar-refractivity contribution in [2.75, 3.05) is 6.61 Å². The zero-order valence-corrected chi connectivity index (χ0v) is 11.3. The van der Waals surface area contributed by atoms with Crippen molar-refractivity contribution in [1.29, 1.82) is 0 Å². The summed E-state index contributed by atoms with van der Waals surface area (Å²) in [6.45, 7) is -0.789. The Kier molecular flexibility index (Phi) is 4.25. The van der Waals surface area contributed by atoms with Crippen molar-refractivity contribution in [3.05, 3.63) is 35.1 Å². The highest BCUT2D eigenvalue weighted by Gasteiger charge is 2.24. The molecule has 110 valence electrons. The zero-order valence-electron chi connectivity index (χ0n) is 10.6. The molecular weight excluding hydrogens is 300 g/mol. The van der Waals surface area contributed by atoms with Gasteiger partial charge in [0, 0.05) is 10.8 Å². The van der Waals surface area contributed by atoms with E-state index < -0.39 is 36.0 Å². The minimum Gasteiger partial charge on any atom is -0.505 e. The van der Waals surface area contributed by atoms with E-state index in [1.165, 1.54) is 0 Å². The molecule has 21 heavy (non-hydrogen) atoms. The van der Waals surface area contributed by atoms with Crippen LogP contribution in [0.3, 0.4) is 0 Å². The summed E-state index contributed by atoms with van der Waals surface area (Å²) in [5.41, 5.74) is -0.404. The molecule has 8 heteroatoms. The SMILES string of the molecule is O=C(N[C@H](CO)C(=O)O)c1nc(Cl)c2ccccc2c1O. The molecule has 0 spiro atoms. The average Bonchev–Trinajstić information content (AvgIpc) is 2.48. The lowest BCUT2D eigenvalue weighted by Gasteiger charge is -2.13. The fraction of sp³-hybridized carbons (Fsp3) is 0.154. The zero-order chi connectivity index (χ0) is 15.6. The minimum absolute atomic E-state index is 0.00410. The predicted molar refractivity (Wildman–Crippen MR) is 74.4 cm³/mol. The van der Waals surface area contributed by atoms with Crippen LogP contribution in [0.4, 0.5) is 0 Å². The number of fused-ring (bicyclic) bond motifs is 1. The molecule has 0 saturated heterocycles. The summed E-state index contributed by atoms with van der Waals surface area (Å²) in [4.78, 5) is 26.5. The molecule has 0 aliphatic carbocycles. The number of nitrogens with one attached hydrogen (secondary N) is 1. The molecule has 1 heterocycles. The van der Waals surface area contributed by atoms with E-state index in [1.807, 2.05) is 5.32 Å². The summed E-state index contributed by atoms with van der Waals surface area (Å²) in [6, 6.07) is 5.02. The Balaban J connectivity index is 2.45. The van der Waals surface area contributed by atoms with Gasteiger partial charge in [0.05, 0.1) is 6.61 Å². The summed E-state index contributed by atoms with van der Waals surface area (Å²) >= 11 is 5.94. The number of aliphatic hydroxyl groups excluding tert-OH is 1. The summed E-state index contributed by atoms with van der Waals surface area (Å²) in [5, 5.41) is 30.6. The lowest BCUT2D eigenvalue weighted by atomic mass is 10.1. The highest BCUT2D eigenvalue weighted by Crippen LogP contribution is 2.31. The maximum atomic E-state index is 12.0. The molecule has 0 fully saturated rings. The molecular formula is C13H11ClN2O5.